The van der Waals surface area contributed by atoms with Crippen molar-refractivity contribution in [3.63, 3.8) is 0 Å². The Morgan fingerprint density at radius 1 is 1.41 bits per heavy atom. The fourth-order valence-corrected chi connectivity index (χ4v) is 2.81. The summed E-state index contributed by atoms with van der Waals surface area (Å²) in [5.74, 6) is 0. The summed E-state index contributed by atoms with van der Waals surface area (Å²) in [7, 11) is 1.74. The molecular formula is C13H24N2OS. The third-order valence-electron chi connectivity index (χ3n) is 3.52. The van der Waals surface area contributed by atoms with E-state index >= 15 is 0 Å². The molecule has 1 rings (SSSR count). The van der Waals surface area contributed by atoms with Crippen molar-refractivity contribution in [3.8, 4) is 0 Å². The molecule has 1 aromatic heterocycles. The van der Waals surface area contributed by atoms with Crippen LogP contribution < -0.4 is 5.32 Å². The van der Waals surface area contributed by atoms with E-state index in [4.69, 9.17) is 4.74 Å². The number of hydrogen-bond donors (Lipinski definition) is 1. The second kappa shape index (κ2) is 7.80. The maximum atomic E-state index is 5.06. The Hall–Kier alpha value is -0.450. The van der Waals surface area contributed by atoms with Crippen molar-refractivity contribution >= 4 is 11.3 Å². The van der Waals surface area contributed by atoms with E-state index in [1.54, 1.807) is 18.4 Å². The molecule has 0 amide bonds. The first-order valence-electron chi connectivity index (χ1n) is 6.33. The molecule has 0 aliphatic rings. The Kier molecular flexibility index (Phi) is 6.70. The van der Waals surface area contributed by atoms with Crippen LogP contribution in [0, 0.1) is 5.41 Å². The smallest absolute Gasteiger partial charge is 0.0794 e. The van der Waals surface area contributed by atoms with Crippen LogP contribution >= 0.6 is 11.3 Å². The maximum absolute atomic E-state index is 5.06. The van der Waals surface area contributed by atoms with Crippen LogP contribution in [0.15, 0.2) is 11.7 Å². The van der Waals surface area contributed by atoms with Crippen molar-refractivity contribution in [1.29, 1.82) is 0 Å². The minimum absolute atomic E-state index is 0.361. The van der Waals surface area contributed by atoms with Crippen LogP contribution in [0.25, 0.3) is 0 Å². The Morgan fingerprint density at radius 2 is 2.18 bits per heavy atom. The first-order valence-corrected chi connectivity index (χ1v) is 7.21. The van der Waals surface area contributed by atoms with Gasteiger partial charge in [-0.15, -0.1) is 11.3 Å². The van der Waals surface area contributed by atoms with Crippen LogP contribution in [0.4, 0.5) is 0 Å². The van der Waals surface area contributed by atoms with Gasteiger partial charge in [-0.1, -0.05) is 13.8 Å². The molecule has 1 heterocycles. The molecule has 0 unspecified atom stereocenters. The van der Waals surface area contributed by atoms with E-state index in [0.717, 1.165) is 26.1 Å². The highest BCUT2D eigenvalue weighted by molar-refractivity contribution is 7.09. The van der Waals surface area contributed by atoms with Gasteiger partial charge in [-0.25, -0.2) is 0 Å². The summed E-state index contributed by atoms with van der Waals surface area (Å²) in [5.41, 5.74) is 2.28. The largest absolute Gasteiger partial charge is 0.383 e. The number of aromatic nitrogens is 1. The molecule has 0 fully saturated rings. The predicted molar refractivity (Wildman–Crippen MR) is 73.6 cm³/mol. The molecule has 0 bridgehead atoms. The highest BCUT2D eigenvalue weighted by Gasteiger charge is 2.26. The average Bonchev–Trinajstić information content (AvgIpc) is 2.86. The molecule has 0 saturated heterocycles. The Balaban J connectivity index is 2.49. The molecule has 4 heteroatoms. The lowest BCUT2D eigenvalue weighted by molar-refractivity contribution is 0.186. The fourth-order valence-electron chi connectivity index (χ4n) is 2.04. The minimum Gasteiger partial charge on any atom is -0.383 e. The van der Waals surface area contributed by atoms with Gasteiger partial charge in [0, 0.05) is 31.3 Å². The van der Waals surface area contributed by atoms with Crippen molar-refractivity contribution in [2.24, 2.45) is 5.41 Å². The van der Waals surface area contributed by atoms with E-state index < -0.39 is 0 Å². The molecule has 1 N–H and O–H groups in total. The lowest BCUT2D eigenvalue weighted by atomic mass is 9.79. The molecule has 0 aliphatic carbocycles. The molecule has 98 valence electrons. The zero-order valence-electron chi connectivity index (χ0n) is 11.2. The van der Waals surface area contributed by atoms with Crippen LogP contribution in [0.3, 0.4) is 0 Å². The van der Waals surface area contributed by atoms with E-state index in [2.05, 4.69) is 24.1 Å². The number of thiazole rings is 1. The summed E-state index contributed by atoms with van der Waals surface area (Å²) in [6.45, 7) is 7.33. The van der Waals surface area contributed by atoms with Crippen LogP contribution in [0.2, 0.25) is 0 Å². The zero-order chi connectivity index (χ0) is 12.6. The van der Waals surface area contributed by atoms with Crippen molar-refractivity contribution in [2.45, 2.75) is 33.1 Å². The Bertz CT molecular complexity index is 284. The normalized spacial score (nSPS) is 11.9. The first-order chi connectivity index (χ1) is 8.26. The molecule has 0 radical (unpaired) electrons. The molecule has 0 spiro atoms. The van der Waals surface area contributed by atoms with Crippen molar-refractivity contribution < 1.29 is 4.74 Å². The molecule has 3 nitrogen and oxygen atoms in total. The summed E-state index contributed by atoms with van der Waals surface area (Å²) in [4.78, 5) is 5.55. The molecule has 1 aromatic rings. The lowest BCUT2D eigenvalue weighted by Crippen LogP contribution is -2.36. The van der Waals surface area contributed by atoms with Gasteiger partial charge in [-0.05, 0) is 24.7 Å². The van der Waals surface area contributed by atoms with E-state index in [1.807, 2.05) is 11.7 Å². The van der Waals surface area contributed by atoms with Crippen LogP contribution in [-0.4, -0.2) is 31.8 Å². The van der Waals surface area contributed by atoms with Crippen LogP contribution in [0.1, 0.15) is 31.6 Å². The molecule has 0 aromatic carbocycles. The quantitative estimate of drug-likeness (QED) is 0.690. The Labute approximate surface area is 109 Å². The number of nitrogens with one attached hydrogen (secondary N) is 1. The number of methoxy groups -OCH3 is 1. The van der Waals surface area contributed by atoms with Crippen molar-refractivity contribution in [1.82, 2.24) is 10.3 Å². The second-order valence-electron chi connectivity index (χ2n) is 4.52. The minimum atomic E-state index is 0.361. The van der Waals surface area contributed by atoms with Gasteiger partial charge in [0.2, 0.25) is 0 Å². The first kappa shape index (κ1) is 14.6. The van der Waals surface area contributed by atoms with Gasteiger partial charge in [0.25, 0.3) is 0 Å². The van der Waals surface area contributed by atoms with Crippen molar-refractivity contribution in [3.05, 3.63) is 16.6 Å². The predicted octanol–water partition coefficient (Wildman–Crippen LogP) is 2.73. The third kappa shape index (κ3) is 4.74. The summed E-state index contributed by atoms with van der Waals surface area (Å²) in [5, 5.41) is 3.50. The van der Waals surface area contributed by atoms with Gasteiger partial charge in [-0.2, -0.15) is 0 Å². The van der Waals surface area contributed by atoms with Gasteiger partial charge in [-0.3, -0.25) is 4.98 Å². The summed E-state index contributed by atoms with van der Waals surface area (Å²) >= 11 is 1.76. The highest BCUT2D eigenvalue weighted by Crippen LogP contribution is 2.31. The van der Waals surface area contributed by atoms with Gasteiger partial charge >= 0.3 is 0 Å². The van der Waals surface area contributed by atoms with E-state index in [-0.39, 0.29) is 0 Å². The molecule has 0 saturated carbocycles. The third-order valence-corrected chi connectivity index (χ3v) is 4.30. The van der Waals surface area contributed by atoms with E-state index in [0.29, 0.717) is 5.41 Å². The van der Waals surface area contributed by atoms with E-state index in [9.17, 15) is 0 Å². The van der Waals surface area contributed by atoms with Crippen molar-refractivity contribution in [2.75, 3.05) is 26.8 Å². The van der Waals surface area contributed by atoms with E-state index in [1.165, 1.54) is 17.7 Å². The zero-order valence-corrected chi connectivity index (χ0v) is 12.0. The summed E-state index contributed by atoms with van der Waals surface area (Å²) in [6.07, 6.45) is 5.52. The summed E-state index contributed by atoms with van der Waals surface area (Å²) in [6, 6.07) is 0. The fraction of sp³-hybridized carbons (Fsp3) is 0.769. The Morgan fingerprint density at radius 3 is 2.71 bits per heavy atom. The molecule has 0 atom stereocenters. The van der Waals surface area contributed by atoms with Gasteiger partial charge in [0.15, 0.2) is 0 Å². The SMILES string of the molecule is CCC(CC)(CNCCOC)Cc1cncs1. The molecule has 17 heavy (non-hydrogen) atoms. The highest BCUT2D eigenvalue weighted by atomic mass is 32.1. The van der Waals surface area contributed by atoms with Crippen LogP contribution in [0.5, 0.6) is 0 Å². The standard InChI is InChI=1S/C13H24N2OS/c1-4-13(5-2,10-14-6-7-16-3)8-12-9-15-11-17-12/h9,11,14H,4-8,10H2,1-3H3. The monoisotopic (exact) mass is 256 g/mol. The number of hydrogen-bond acceptors (Lipinski definition) is 4. The topological polar surface area (TPSA) is 34.1 Å². The number of nitrogens with zero attached hydrogens (tertiary/aromatic N) is 1. The number of rotatable bonds is 9. The molecular weight excluding hydrogens is 232 g/mol. The summed E-state index contributed by atoms with van der Waals surface area (Å²) < 4.78 is 5.06. The van der Waals surface area contributed by atoms with Gasteiger partial charge < -0.3 is 10.1 Å². The molecule has 0 aliphatic heterocycles. The second-order valence-corrected chi connectivity index (χ2v) is 5.49. The number of ether oxygens (including phenoxy) is 1. The van der Waals surface area contributed by atoms with Gasteiger partial charge in [0.05, 0.1) is 12.1 Å². The van der Waals surface area contributed by atoms with Crippen LogP contribution in [-0.2, 0) is 11.2 Å². The lowest BCUT2D eigenvalue weighted by Gasteiger charge is -2.31. The average molecular weight is 256 g/mol. The van der Waals surface area contributed by atoms with Gasteiger partial charge in [0.1, 0.15) is 0 Å². The maximum Gasteiger partial charge on any atom is 0.0794 e.